The van der Waals surface area contributed by atoms with Gasteiger partial charge in [-0.2, -0.15) is 0 Å². The maximum Gasteiger partial charge on any atom is 0.124 e. The first-order chi connectivity index (χ1) is 8.06. The normalized spacial score (nSPS) is 14.6. The molecule has 1 aromatic rings. The van der Waals surface area contributed by atoms with Crippen LogP contribution in [-0.2, 0) is 0 Å². The lowest BCUT2D eigenvalue weighted by atomic mass is 9.93. The highest BCUT2D eigenvalue weighted by Gasteiger charge is 2.14. The van der Waals surface area contributed by atoms with Crippen molar-refractivity contribution >= 4 is 15.9 Å². The Morgan fingerprint density at radius 1 is 1.35 bits per heavy atom. The molecule has 0 saturated heterocycles. The second kappa shape index (κ2) is 7.12. The maximum absolute atomic E-state index is 13.4. The summed E-state index contributed by atoms with van der Waals surface area (Å²) in [5.41, 5.74) is 1.02. The predicted molar refractivity (Wildman–Crippen MR) is 74.6 cm³/mol. The SMILES string of the molecule is CCCC(C)CC(NC)c1cc(F)cc(Br)c1. The molecule has 1 N–H and O–H groups in total. The molecular formula is C14H21BrFN. The maximum atomic E-state index is 13.4. The summed E-state index contributed by atoms with van der Waals surface area (Å²) in [6, 6.07) is 5.32. The van der Waals surface area contributed by atoms with E-state index in [0.29, 0.717) is 5.92 Å². The fourth-order valence-electron chi connectivity index (χ4n) is 2.21. The number of halogens is 2. The molecule has 0 radical (unpaired) electrons. The van der Waals surface area contributed by atoms with Crippen LogP contribution in [0.15, 0.2) is 22.7 Å². The molecular weight excluding hydrogens is 281 g/mol. The Morgan fingerprint density at radius 3 is 2.59 bits per heavy atom. The summed E-state index contributed by atoms with van der Waals surface area (Å²) < 4.78 is 14.2. The van der Waals surface area contributed by atoms with Crippen LogP contribution in [0.2, 0.25) is 0 Å². The number of nitrogens with one attached hydrogen (secondary N) is 1. The van der Waals surface area contributed by atoms with Crippen LogP contribution in [0.5, 0.6) is 0 Å². The van der Waals surface area contributed by atoms with Crippen molar-refractivity contribution in [2.75, 3.05) is 7.05 Å². The summed E-state index contributed by atoms with van der Waals surface area (Å²) in [6.45, 7) is 4.45. The van der Waals surface area contributed by atoms with Crippen molar-refractivity contribution in [3.05, 3.63) is 34.1 Å². The third-order valence-electron chi connectivity index (χ3n) is 3.06. The molecule has 0 bridgehead atoms. The van der Waals surface area contributed by atoms with Crippen LogP contribution in [0, 0.1) is 11.7 Å². The van der Waals surface area contributed by atoms with E-state index >= 15 is 0 Å². The van der Waals surface area contributed by atoms with Gasteiger partial charge in [-0.1, -0.05) is 42.6 Å². The second-order valence-corrected chi connectivity index (χ2v) is 5.59. The standard InChI is InChI=1S/C14H21BrFN/c1-4-5-10(2)6-14(17-3)11-7-12(15)9-13(16)8-11/h7-10,14,17H,4-6H2,1-3H3. The van der Waals surface area contributed by atoms with Crippen molar-refractivity contribution in [2.45, 2.75) is 39.2 Å². The number of hydrogen-bond acceptors (Lipinski definition) is 1. The van der Waals surface area contributed by atoms with Crippen LogP contribution in [0.4, 0.5) is 4.39 Å². The fraction of sp³-hybridized carbons (Fsp3) is 0.571. The van der Waals surface area contributed by atoms with E-state index in [1.807, 2.05) is 13.1 Å². The molecule has 2 unspecified atom stereocenters. The zero-order valence-electron chi connectivity index (χ0n) is 10.8. The molecule has 0 saturated carbocycles. The summed E-state index contributed by atoms with van der Waals surface area (Å²) in [5, 5.41) is 3.27. The smallest absolute Gasteiger partial charge is 0.124 e. The van der Waals surface area contributed by atoms with E-state index < -0.39 is 0 Å². The molecule has 1 aromatic carbocycles. The van der Waals surface area contributed by atoms with Gasteiger partial charge in [-0.05, 0) is 43.1 Å². The van der Waals surface area contributed by atoms with E-state index in [9.17, 15) is 4.39 Å². The molecule has 2 atom stereocenters. The quantitative estimate of drug-likeness (QED) is 0.805. The monoisotopic (exact) mass is 301 g/mol. The van der Waals surface area contributed by atoms with Crippen LogP contribution in [0.1, 0.15) is 44.7 Å². The van der Waals surface area contributed by atoms with E-state index in [1.165, 1.54) is 18.9 Å². The number of hydrogen-bond donors (Lipinski definition) is 1. The van der Waals surface area contributed by atoms with Crippen molar-refractivity contribution in [1.29, 1.82) is 0 Å². The summed E-state index contributed by atoms with van der Waals surface area (Å²) in [4.78, 5) is 0. The van der Waals surface area contributed by atoms with Crippen LogP contribution in [0.25, 0.3) is 0 Å². The highest BCUT2D eigenvalue weighted by molar-refractivity contribution is 9.10. The van der Waals surface area contributed by atoms with E-state index in [0.717, 1.165) is 16.5 Å². The average molecular weight is 302 g/mol. The van der Waals surface area contributed by atoms with Gasteiger partial charge in [0.15, 0.2) is 0 Å². The van der Waals surface area contributed by atoms with E-state index in [-0.39, 0.29) is 11.9 Å². The van der Waals surface area contributed by atoms with Crippen LogP contribution >= 0.6 is 15.9 Å². The highest BCUT2D eigenvalue weighted by Crippen LogP contribution is 2.26. The van der Waals surface area contributed by atoms with Gasteiger partial charge in [-0.3, -0.25) is 0 Å². The largest absolute Gasteiger partial charge is 0.313 e. The lowest BCUT2D eigenvalue weighted by Gasteiger charge is -2.21. The summed E-state index contributed by atoms with van der Waals surface area (Å²) in [5.74, 6) is 0.470. The van der Waals surface area contributed by atoms with Gasteiger partial charge in [0.25, 0.3) is 0 Å². The first kappa shape index (κ1) is 14.7. The minimum Gasteiger partial charge on any atom is -0.313 e. The first-order valence-electron chi connectivity index (χ1n) is 6.20. The minimum absolute atomic E-state index is 0.183. The van der Waals surface area contributed by atoms with Crippen molar-refractivity contribution in [2.24, 2.45) is 5.92 Å². The van der Waals surface area contributed by atoms with E-state index in [1.54, 1.807) is 6.07 Å². The zero-order chi connectivity index (χ0) is 12.8. The number of rotatable bonds is 6. The van der Waals surface area contributed by atoms with Gasteiger partial charge in [0, 0.05) is 10.5 Å². The van der Waals surface area contributed by atoms with Crippen molar-refractivity contribution < 1.29 is 4.39 Å². The van der Waals surface area contributed by atoms with Gasteiger partial charge < -0.3 is 5.32 Å². The molecule has 3 heteroatoms. The second-order valence-electron chi connectivity index (χ2n) is 4.67. The lowest BCUT2D eigenvalue weighted by molar-refractivity contribution is 0.406. The van der Waals surface area contributed by atoms with Gasteiger partial charge in [0.05, 0.1) is 0 Å². The summed E-state index contributed by atoms with van der Waals surface area (Å²) >= 11 is 3.34. The van der Waals surface area contributed by atoms with Gasteiger partial charge in [0.1, 0.15) is 5.82 Å². The topological polar surface area (TPSA) is 12.0 Å². The lowest BCUT2D eigenvalue weighted by Crippen LogP contribution is -2.19. The van der Waals surface area contributed by atoms with Crippen LogP contribution in [0.3, 0.4) is 0 Å². The van der Waals surface area contributed by atoms with E-state index in [2.05, 4.69) is 35.1 Å². The average Bonchev–Trinajstić information content (AvgIpc) is 2.24. The van der Waals surface area contributed by atoms with E-state index in [4.69, 9.17) is 0 Å². The molecule has 0 spiro atoms. The molecule has 0 aliphatic rings. The van der Waals surface area contributed by atoms with Gasteiger partial charge in [-0.25, -0.2) is 4.39 Å². The van der Waals surface area contributed by atoms with Crippen LogP contribution in [-0.4, -0.2) is 7.05 Å². The molecule has 17 heavy (non-hydrogen) atoms. The van der Waals surface area contributed by atoms with Gasteiger partial charge in [-0.15, -0.1) is 0 Å². The van der Waals surface area contributed by atoms with Crippen molar-refractivity contribution in [3.8, 4) is 0 Å². The minimum atomic E-state index is -0.183. The summed E-state index contributed by atoms with van der Waals surface area (Å²) in [7, 11) is 1.93. The Hall–Kier alpha value is -0.410. The van der Waals surface area contributed by atoms with Crippen molar-refractivity contribution in [1.82, 2.24) is 5.32 Å². The molecule has 0 aliphatic heterocycles. The predicted octanol–water partition coefficient (Wildman–Crippen LogP) is 4.68. The highest BCUT2D eigenvalue weighted by atomic mass is 79.9. The summed E-state index contributed by atoms with van der Waals surface area (Å²) in [6.07, 6.45) is 3.46. The van der Waals surface area contributed by atoms with Crippen molar-refractivity contribution in [3.63, 3.8) is 0 Å². The Morgan fingerprint density at radius 2 is 2.06 bits per heavy atom. The fourth-order valence-corrected chi connectivity index (χ4v) is 2.69. The Bertz CT molecular complexity index is 334. The molecule has 0 amide bonds. The molecule has 0 aliphatic carbocycles. The zero-order valence-corrected chi connectivity index (χ0v) is 12.3. The Labute approximate surface area is 112 Å². The third kappa shape index (κ3) is 4.76. The molecule has 1 rings (SSSR count). The Kier molecular flexibility index (Phi) is 6.14. The third-order valence-corrected chi connectivity index (χ3v) is 3.51. The Balaban J connectivity index is 2.78. The number of benzene rings is 1. The molecule has 0 fully saturated rings. The van der Waals surface area contributed by atoms with Crippen LogP contribution < -0.4 is 5.32 Å². The molecule has 96 valence electrons. The first-order valence-corrected chi connectivity index (χ1v) is 6.99. The van der Waals surface area contributed by atoms with Gasteiger partial charge in [0.2, 0.25) is 0 Å². The molecule has 0 heterocycles. The molecule has 1 nitrogen and oxygen atoms in total. The van der Waals surface area contributed by atoms with Gasteiger partial charge >= 0.3 is 0 Å². The molecule has 0 aromatic heterocycles.